The van der Waals surface area contributed by atoms with Crippen LogP contribution in [-0.4, -0.2) is 61.0 Å². The number of carbonyl (C=O) groups excluding carboxylic acids is 2. The number of fused-ring (bicyclic) bond motifs is 1. The van der Waals surface area contributed by atoms with Gasteiger partial charge in [0.1, 0.15) is 0 Å². The van der Waals surface area contributed by atoms with E-state index in [1.54, 1.807) is 23.1 Å². The Kier molecular flexibility index (Phi) is 5.46. The molecule has 0 saturated carbocycles. The van der Waals surface area contributed by atoms with Gasteiger partial charge in [-0.25, -0.2) is 0 Å². The third-order valence-corrected chi connectivity index (χ3v) is 4.50. The van der Waals surface area contributed by atoms with Gasteiger partial charge in [-0.05, 0) is 24.1 Å². The normalized spacial score (nSPS) is 17.4. The van der Waals surface area contributed by atoms with Crippen molar-refractivity contribution >= 4 is 11.8 Å². The highest BCUT2D eigenvalue weighted by atomic mass is 16.5. The van der Waals surface area contributed by atoms with Gasteiger partial charge < -0.3 is 19.3 Å². The molecular weight excluding hydrogens is 320 g/mol. The summed E-state index contributed by atoms with van der Waals surface area (Å²) in [5.74, 6) is 1.84. The van der Waals surface area contributed by atoms with E-state index < -0.39 is 0 Å². The zero-order valence-corrected chi connectivity index (χ0v) is 15.0. The Hall–Kier alpha value is -2.24. The van der Waals surface area contributed by atoms with Crippen molar-refractivity contribution in [2.24, 2.45) is 5.92 Å². The number of rotatable bonds is 3. The van der Waals surface area contributed by atoms with E-state index in [1.807, 2.05) is 18.7 Å². The zero-order chi connectivity index (χ0) is 17.8. The predicted octanol–water partition coefficient (Wildman–Crippen LogP) is 2.18. The first-order valence-electron chi connectivity index (χ1n) is 9.01. The van der Waals surface area contributed by atoms with Crippen molar-refractivity contribution in [3.8, 4) is 11.5 Å². The first-order chi connectivity index (χ1) is 12.0. The number of hydrogen-bond acceptors (Lipinski definition) is 4. The third kappa shape index (κ3) is 4.24. The molecule has 1 saturated heterocycles. The van der Waals surface area contributed by atoms with Crippen molar-refractivity contribution in [1.82, 2.24) is 9.80 Å². The Balaban J connectivity index is 1.61. The van der Waals surface area contributed by atoms with Crippen LogP contribution in [0, 0.1) is 5.92 Å². The lowest BCUT2D eigenvalue weighted by Gasteiger charge is -2.35. The van der Waals surface area contributed by atoms with E-state index in [9.17, 15) is 9.59 Å². The van der Waals surface area contributed by atoms with E-state index >= 15 is 0 Å². The van der Waals surface area contributed by atoms with E-state index in [4.69, 9.17) is 9.47 Å². The number of amides is 2. The molecule has 0 aliphatic carbocycles. The third-order valence-electron chi connectivity index (χ3n) is 4.50. The first kappa shape index (κ1) is 17.6. The minimum Gasteiger partial charge on any atom is -0.490 e. The first-order valence-corrected chi connectivity index (χ1v) is 9.01. The van der Waals surface area contributed by atoms with Gasteiger partial charge >= 0.3 is 0 Å². The van der Waals surface area contributed by atoms with Gasteiger partial charge in [-0.1, -0.05) is 13.8 Å². The van der Waals surface area contributed by atoms with Crippen molar-refractivity contribution < 1.29 is 19.1 Å². The number of ether oxygens (including phenoxy) is 2. The highest BCUT2D eigenvalue weighted by Crippen LogP contribution is 2.30. The fourth-order valence-corrected chi connectivity index (χ4v) is 3.12. The molecule has 1 aromatic carbocycles. The lowest BCUT2D eigenvalue weighted by molar-refractivity contribution is -0.133. The molecule has 1 fully saturated rings. The highest BCUT2D eigenvalue weighted by Gasteiger charge is 2.25. The lowest BCUT2D eigenvalue weighted by atomic mass is 10.1. The number of piperazine rings is 1. The Morgan fingerprint density at radius 2 is 1.64 bits per heavy atom. The van der Waals surface area contributed by atoms with Crippen molar-refractivity contribution in [2.75, 3.05) is 39.4 Å². The molecule has 3 rings (SSSR count). The molecule has 2 aliphatic rings. The molecule has 6 heteroatoms. The van der Waals surface area contributed by atoms with Crippen LogP contribution >= 0.6 is 0 Å². The van der Waals surface area contributed by atoms with E-state index in [-0.39, 0.29) is 11.8 Å². The van der Waals surface area contributed by atoms with Crippen LogP contribution in [0.1, 0.15) is 37.0 Å². The molecular formula is C19H26N2O4. The summed E-state index contributed by atoms with van der Waals surface area (Å²) in [6.45, 7) is 7.65. The second-order valence-electron chi connectivity index (χ2n) is 6.98. The van der Waals surface area contributed by atoms with Gasteiger partial charge in [0.2, 0.25) is 5.91 Å². The summed E-state index contributed by atoms with van der Waals surface area (Å²) in [6.07, 6.45) is 1.40. The Morgan fingerprint density at radius 1 is 1.00 bits per heavy atom. The van der Waals surface area contributed by atoms with Crippen molar-refractivity contribution in [2.45, 2.75) is 26.7 Å². The molecule has 0 unspecified atom stereocenters. The lowest BCUT2D eigenvalue weighted by Crippen LogP contribution is -2.50. The van der Waals surface area contributed by atoms with Crippen molar-refractivity contribution in [1.29, 1.82) is 0 Å². The number of hydrogen-bond donors (Lipinski definition) is 0. The molecule has 0 radical (unpaired) electrons. The highest BCUT2D eigenvalue weighted by molar-refractivity contribution is 5.95. The topological polar surface area (TPSA) is 59.1 Å². The van der Waals surface area contributed by atoms with Crippen LogP contribution in [0.15, 0.2) is 18.2 Å². The SMILES string of the molecule is CC(C)CC(=O)N1CCN(C(=O)c2ccc3c(c2)OCCCO3)CC1. The number of carbonyl (C=O) groups is 2. The molecule has 136 valence electrons. The molecule has 0 atom stereocenters. The summed E-state index contributed by atoms with van der Waals surface area (Å²) in [5.41, 5.74) is 0.603. The molecule has 2 amide bonds. The molecule has 0 spiro atoms. The van der Waals surface area contributed by atoms with Gasteiger partial charge in [-0.15, -0.1) is 0 Å². The van der Waals surface area contributed by atoms with Gasteiger partial charge in [0.25, 0.3) is 5.91 Å². The molecule has 2 aliphatic heterocycles. The summed E-state index contributed by atoms with van der Waals surface area (Å²) in [6, 6.07) is 5.35. The molecule has 25 heavy (non-hydrogen) atoms. The van der Waals surface area contributed by atoms with Crippen LogP contribution < -0.4 is 9.47 Å². The van der Waals surface area contributed by atoms with Gasteiger partial charge in [0.05, 0.1) is 13.2 Å². The Morgan fingerprint density at radius 3 is 2.32 bits per heavy atom. The van der Waals surface area contributed by atoms with Crippen molar-refractivity contribution in [3.05, 3.63) is 23.8 Å². The zero-order valence-electron chi connectivity index (χ0n) is 15.0. The van der Waals surface area contributed by atoms with Gasteiger partial charge in [-0.2, -0.15) is 0 Å². The van der Waals surface area contributed by atoms with E-state index in [1.165, 1.54) is 0 Å². The smallest absolute Gasteiger partial charge is 0.254 e. The Bertz CT molecular complexity index is 636. The minimum atomic E-state index is -0.0217. The molecule has 0 bridgehead atoms. The van der Waals surface area contributed by atoms with Gasteiger partial charge in [0, 0.05) is 44.6 Å². The van der Waals surface area contributed by atoms with E-state index in [0.29, 0.717) is 68.8 Å². The maximum atomic E-state index is 12.8. The van der Waals surface area contributed by atoms with Crippen LogP contribution in [0.3, 0.4) is 0 Å². The fourth-order valence-electron chi connectivity index (χ4n) is 3.12. The monoisotopic (exact) mass is 346 g/mol. The fraction of sp³-hybridized carbons (Fsp3) is 0.579. The summed E-state index contributed by atoms with van der Waals surface area (Å²) in [5, 5.41) is 0. The maximum absolute atomic E-state index is 12.8. The second-order valence-corrected chi connectivity index (χ2v) is 6.98. The molecule has 2 heterocycles. The van der Waals surface area contributed by atoms with Crippen LogP contribution in [0.2, 0.25) is 0 Å². The number of benzene rings is 1. The maximum Gasteiger partial charge on any atom is 0.254 e. The second kappa shape index (κ2) is 7.76. The number of nitrogens with zero attached hydrogens (tertiary/aromatic N) is 2. The van der Waals surface area contributed by atoms with E-state index in [2.05, 4.69) is 0 Å². The van der Waals surface area contributed by atoms with Gasteiger partial charge in [0.15, 0.2) is 11.5 Å². The van der Waals surface area contributed by atoms with Gasteiger partial charge in [-0.3, -0.25) is 9.59 Å². The van der Waals surface area contributed by atoms with Crippen LogP contribution in [0.4, 0.5) is 0 Å². The summed E-state index contributed by atoms with van der Waals surface area (Å²) < 4.78 is 11.3. The Labute approximate surface area is 148 Å². The van der Waals surface area contributed by atoms with Crippen LogP contribution in [-0.2, 0) is 4.79 Å². The average Bonchev–Trinajstić information content (AvgIpc) is 2.85. The molecule has 0 aromatic heterocycles. The summed E-state index contributed by atoms with van der Waals surface area (Å²) in [7, 11) is 0. The molecule has 1 aromatic rings. The van der Waals surface area contributed by atoms with E-state index in [0.717, 1.165) is 6.42 Å². The van der Waals surface area contributed by atoms with Crippen LogP contribution in [0.5, 0.6) is 11.5 Å². The summed E-state index contributed by atoms with van der Waals surface area (Å²) >= 11 is 0. The molecule has 6 nitrogen and oxygen atoms in total. The molecule has 0 N–H and O–H groups in total. The van der Waals surface area contributed by atoms with Crippen LogP contribution in [0.25, 0.3) is 0 Å². The summed E-state index contributed by atoms with van der Waals surface area (Å²) in [4.78, 5) is 28.6. The quantitative estimate of drug-likeness (QED) is 0.842. The van der Waals surface area contributed by atoms with Crippen molar-refractivity contribution in [3.63, 3.8) is 0 Å². The standard InChI is InChI=1S/C19H26N2O4/c1-14(2)12-18(22)20-6-8-21(9-7-20)19(23)15-4-5-16-17(13-15)25-11-3-10-24-16/h4-5,13-14H,3,6-12H2,1-2H3. The largest absolute Gasteiger partial charge is 0.490 e. The predicted molar refractivity (Wildman–Crippen MR) is 94.0 cm³/mol. The average molecular weight is 346 g/mol. The minimum absolute atomic E-state index is 0.0217.